The highest BCUT2D eigenvalue weighted by Gasteiger charge is 2.12. The monoisotopic (exact) mass is 185 g/mol. The van der Waals surface area contributed by atoms with E-state index in [-0.39, 0.29) is 13.3 Å². The molecule has 74 valence electrons. The van der Waals surface area contributed by atoms with Gasteiger partial charge in [-0.05, 0) is 13.8 Å². The second-order valence-corrected chi connectivity index (χ2v) is 2.63. The lowest BCUT2D eigenvalue weighted by molar-refractivity contribution is 0.258. The molecule has 0 aliphatic heterocycles. The van der Waals surface area contributed by atoms with Crippen molar-refractivity contribution in [2.24, 2.45) is 5.73 Å². The molecule has 0 saturated carbocycles. The number of nitrogens with two attached hydrogens (primary N) is 1. The van der Waals surface area contributed by atoms with Crippen LogP contribution in [0.3, 0.4) is 0 Å². The predicted octanol–water partition coefficient (Wildman–Crippen LogP) is -0.00128. The van der Waals surface area contributed by atoms with Crippen molar-refractivity contribution in [1.82, 2.24) is 9.55 Å². The summed E-state index contributed by atoms with van der Waals surface area (Å²) in [6.45, 7) is 4.44. The maximum Gasteiger partial charge on any atom is 0.297 e. The number of aryl methyl sites for hydroxylation is 1. The Labute approximate surface area is 77.1 Å². The van der Waals surface area contributed by atoms with Crippen LogP contribution in [0.15, 0.2) is 0 Å². The summed E-state index contributed by atoms with van der Waals surface area (Å²) in [6.07, 6.45) is 0. The van der Waals surface area contributed by atoms with Crippen molar-refractivity contribution in [2.45, 2.75) is 27.1 Å². The summed E-state index contributed by atoms with van der Waals surface area (Å²) in [5.74, 6) is 0. The molecule has 0 radical (unpaired) electrons. The van der Waals surface area contributed by atoms with Crippen LogP contribution in [0.4, 0.5) is 0 Å². The number of hydrogen-bond acceptors (Lipinski definition) is 4. The number of ether oxygens (including phenoxy) is 1. The second-order valence-electron chi connectivity index (χ2n) is 2.63. The van der Waals surface area contributed by atoms with Gasteiger partial charge in [0, 0.05) is 0 Å². The smallest absolute Gasteiger partial charge is 0.297 e. The van der Waals surface area contributed by atoms with Crippen molar-refractivity contribution in [1.29, 1.82) is 0 Å². The Bertz CT molecular complexity index is 283. The second kappa shape index (κ2) is 4.25. The third-order valence-corrected chi connectivity index (χ3v) is 1.84. The summed E-state index contributed by atoms with van der Waals surface area (Å²) in [4.78, 5) is 4.14. The predicted molar refractivity (Wildman–Crippen MR) is 48.2 cm³/mol. The molecule has 0 spiro atoms. The van der Waals surface area contributed by atoms with E-state index in [4.69, 9.17) is 15.6 Å². The van der Waals surface area contributed by atoms with Gasteiger partial charge in [-0.1, -0.05) is 0 Å². The van der Waals surface area contributed by atoms with Gasteiger partial charge in [-0.3, -0.25) is 4.57 Å². The molecule has 0 atom stereocenters. The summed E-state index contributed by atoms with van der Waals surface area (Å²) in [5, 5.41) is 9.04. The van der Waals surface area contributed by atoms with Crippen LogP contribution in [-0.4, -0.2) is 21.3 Å². The molecule has 0 aliphatic carbocycles. The van der Waals surface area contributed by atoms with Gasteiger partial charge in [0.25, 0.3) is 6.01 Å². The van der Waals surface area contributed by atoms with E-state index in [1.165, 1.54) is 0 Å². The first-order valence-electron chi connectivity index (χ1n) is 4.24. The number of hydrogen-bond donors (Lipinski definition) is 2. The minimum atomic E-state index is -0.0664. The van der Waals surface area contributed by atoms with Crippen LogP contribution in [-0.2, 0) is 13.3 Å². The zero-order valence-electron chi connectivity index (χ0n) is 7.95. The zero-order valence-corrected chi connectivity index (χ0v) is 7.95. The van der Waals surface area contributed by atoms with E-state index < -0.39 is 0 Å². The Kier molecular flexibility index (Phi) is 3.27. The lowest BCUT2D eigenvalue weighted by Crippen LogP contribution is -2.13. The molecular weight excluding hydrogens is 170 g/mol. The Morgan fingerprint density at radius 1 is 1.62 bits per heavy atom. The van der Waals surface area contributed by atoms with Crippen molar-refractivity contribution >= 4 is 0 Å². The minimum absolute atomic E-state index is 0.0664. The minimum Gasteiger partial charge on any atom is -0.465 e. The molecule has 13 heavy (non-hydrogen) atoms. The van der Waals surface area contributed by atoms with Crippen LogP contribution < -0.4 is 10.5 Å². The fraction of sp³-hybridized carbons (Fsp3) is 0.625. The van der Waals surface area contributed by atoms with E-state index in [1.807, 2.05) is 13.8 Å². The molecule has 1 heterocycles. The molecule has 0 amide bonds. The molecule has 1 aromatic rings. The van der Waals surface area contributed by atoms with Crippen molar-refractivity contribution in [3.8, 4) is 6.01 Å². The zero-order chi connectivity index (χ0) is 9.84. The summed E-state index contributed by atoms with van der Waals surface area (Å²) in [7, 11) is 0. The van der Waals surface area contributed by atoms with Gasteiger partial charge in [-0.15, -0.1) is 0 Å². The van der Waals surface area contributed by atoms with Crippen LogP contribution in [0, 0.1) is 6.92 Å². The molecule has 1 aromatic heterocycles. The van der Waals surface area contributed by atoms with Gasteiger partial charge < -0.3 is 15.6 Å². The summed E-state index contributed by atoms with van der Waals surface area (Å²) in [6, 6.07) is 0.478. The van der Waals surface area contributed by atoms with Gasteiger partial charge in [-0.25, -0.2) is 4.98 Å². The maximum absolute atomic E-state index is 9.04. The maximum atomic E-state index is 9.04. The third kappa shape index (κ3) is 1.81. The molecule has 0 bridgehead atoms. The Hall–Kier alpha value is -1.07. The Morgan fingerprint density at radius 2 is 2.31 bits per heavy atom. The molecular formula is C8H15N3O2. The molecule has 0 aromatic carbocycles. The molecule has 0 fully saturated rings. The largest absolute Gasteiger partial charge is 0.465 e. The lowest BCUT2D eigenvalue weighted by Gasteiger charge is -2.06. The van der Waals surface area contributed by atoms with E-state index >= 15 is 0 Å². The number of nitrogens with zero attached hydrogens (tertiary/aromatic N) is 2. The topological polar surface area (TPSA) is 73.3 Å². The highest BCUT2D eigenvalue weighted by atomic mass is 16.5. The van der Waals surface area contributed by atoms with Crippen LogP contribution >= 0.6 is 0 Å². The number of aromatic nitrogens is 2. The number of rotatable bonds is 4. The van der Waals surface area contributed by atoms with Gasteiger partial charge in [0.2, 0.25) is 0 Å². The molecule has 5 nitrogen and oxygen atoms in total. The first-order chi connectivity index (χ1) is 6.24. The quantitative estimate of drug-likeness (QED) is 0.692. The van der Waals surface area contributed by atoms with Crippen molar-refractivity contribution in [2.75, 3.05) is 6.61 Å². The Balaban J connectivity index is 3.06. The molecule has 5 heteroatoms. The molecule has 3 N–H and O–H groups in total. The fourth-order valence-corrected chi connectivity index (χ4v) is 1.21. The number of aliphatic hydroxyl groups is 1. The summed E-state index contributed by atoms with van der Waals surface area (Å²) in [5.41, 5.74) is 6.98. The fourth-order valence-electron chi connectivity index (χ4n) is 1.21. The highest BCUT2D eigenvalue weighted by Crippen LogP contribution is 2.16. The SMILES string of the molecule is CCOc1nc(C)c(CO)n1CN. The van der Waals surface area contributed by atoms with Crippen molar-refractivity contribution in [3.05, 3.63) is 11.4 Å². The van der Waals surface area contributed by atoms with Gasteiger partial charge in [0.1, 0.15) is 0 Å². The Morgan fingerprint density at radius 3 is 2.77 bits per heavy atom. The molecule has 0 saturated heterocycles. The average Bonchev–Trinajstić information content (AvgIpc) is 2.41. The van der Waals surface area contributed by atoms with Gasteiger partial charge in [-0.2, -0.15) is 0 Å². The first kappa shape index (κ1) is 10.0. The van der Waals surface area contributed by atoms with Crippen molar-refractivity contribution < 1.29 is 9.84 Å². The van der Waals surface area contributed by atoms with E-state index in [9.17, 15) is 0 Å². The third-order valence-electron chi connectivity index (χ3n) is 1.84. The normalized spacial score (nSPS) is 10.5. The molecule has 1 rings (SSSR count). The first-order valence-corrected chi connectivity index (χ1v) is 4.24. The number of imidazole rings is 1. The summed E-state index contributed by atoms with van der Waals surface area (Å²) < 4.78 is 6.92. The van der Waals surface area contributed by atoms with Crippen LogP contribution in [0.1, 0.15) is 18.3 Å². The molecule has 0 aliphatic rings. The van der Waals surface area contributed by atoms with Crippen LogP contribution in [0.2, 0.25) is 0 Å². The van der Waals surface area contributed by atoms with E-state index in [0.717, 1.165) is 5.69 Å². The van der Waals surface area contributed by atoms with Gasteiger partial charge >= 0.3 is 0 Å². The van der Waals surface area contributed by atoms with E-state index in [0.29, 0.717) is 18.3 Å². The summed E-state index contributed by atoms with van der Waals surface area (Å²) >= 11 is 0. The molecule has 0 unspecified atom stereocenters. The van der Waals surface area contributed by atoms with E-state index in [1.54, 1.807) is 4.57 Å². The highest BCUT2D eigenvalue weighted by molar-refractivity contribution is 5.18. The van der Waals surface area contributed by atoms with Crippen molar-refractivity contribution in [3.63, 3.8) is 0 Å². The van der Waals surface area contributed by atoms with Crippen LogP contribution in [0.25, 0.3) is 0 Å². The average molecular weight is 185 g/mol. The van der Waals surface area contributed by atoms with Gasteiger partial charge in [0.05, 0.1) is 31.3 Å². The number of aliphatic hydroxyl groups excluding tert-OH is 1. The lowest BCUT2D eigenvalue weighted by atomic mass is 10.3. The van der Waals surface area contributed by atoms with E-state index in [2.05, 4.69) is 4.98 Å². The van der Waals surface area contributed by atoms with Gasteiger partial charge in [0.15, 0.2) is 0 Å². The standard InChI is InChI=1S/C8H15N3O2/c1-3-13-8-10-6(2)7(4-12)11(8)5-9/h12H,3-5,9H2,1-2H3. The van der Waals surface area contributed by atoms with Crippen LogP contribution in [0.5, 0.6) is 6.01 Å².